The molecule has 0 aliphatic carbocycles. The number of hydrogen-bond donors (Lipinski definition) is 2. The molecule has 2 atom stereocenters. The summed E-state index contributed by atoms with van der Waals surface area (Å²) in [6.45, 7) is 0.940. The number of hydrogen-bond acceptors (Lipinski definition) is 3. The SMILES string of the molecule is Cl.Nc1cccc(CN2CCCC2C(O)C(F)(F)F)c1. The van der Waals surface area contributed by atoms with Crippen molar-refractivity contribution in [3.8, 4) is 0 Å². The summed E-state index contributed by atoms with van der Waals surface area (Å²) in [6, 6.07) is 6.22. The van der Waals surface area contributed by atoms with Crippen molar-refractivity contribution >= 4 is 18.1 Å². The van der Waals surface area contributed by atoms with Gasteiger partial charge in [-0.15, -0.1) is 12.4 Å². The zero-order chi connectivity index (χ0) is 14.0. The number of benzene rings is 1. The molecule has 1 fully saturated rings. The van der Waals surface area contributed by atoms with E-state index in [9.17, 15) is 18.3 Å². The van der Waals surface area contributed by atoms with Gasteiger partial charge in [0, 0.05) is 18.3 Å². The minimum absolute atomic E-state index is 0. The van der Waals surface area contributed by atoms with Crippen molar-refractivity contribution in [1.82, 2.24) is 4.90 Å². The van der Waals surface area contributed by atoms with E-state index in [1.807, 2.05) is 6.07 Å². The zero-order valence-electron chi connectivity index (χ0n) is 10.8. The molecule has 0 saturated carbocycles. The first-order valence-corrected chi connectivity index (χ1v) is 6.21. The lowest BCUT2D eigenvalue weighted by Gasteiger charge is -2.29. The van der Waals surface area contributed by atoms with E-state index < -0.39 is 18.3 Å². The number of aliphatic hydroxyl groups excluding tert-OH is 1. The molecule has 2 rings (SSSR count). The van der Waals surface area contributed by atoms with Crippen LogP contribution in [0.4, 0.5) is 18.9 Å². The average Bonchev–Trinajstić information content (AvgIpc) is 2.74. The monoisotopic (exact) mass is 310 g/mol. The molecule has 0 spiro atoms. The molecule has 1 aromatic carbocycles. The molecule has 20 heavy (non-hydrogen) atoms. The predicted octanol–water partition coefficient (Wildman–Crippen LogP) is 2.58. The van der Waals surface area contributed by atoms with Crippen molar-refractivity contribution in [3.63, 3.8) is 0 Å². The van der Waals surface area contributed by atoms with Gasteiger partial charge in [0.15, 0.2) is 6.10 Å². The van der Waals surface area contributed by atoms with Crippen molar-refractivity contribution < 1.29 is 18.3 Å². The maximum Gasteiger partial charge on any atom is 0.415 e. The summed E-state index contributed by atoms with van der Waals surface area (Å²) in [4.78, 5) is 1.67. The molecular formula is C13H18ClF3N2O. The van der Waals surface area contributed by atoms with Gasteiger partial charge in [-0.3, -0.25) is 4.90 Å². The quantitative estimate of drug-likeness (QED) is 0.844. The van der Waals surface area contributed by atoms with Gasteiger partial charge in [-0.2, -0.15) is 13.2 Å². The molecule has 0 radical (unpaired) electrons. The lowest BCUT2D eigenvalue weighted by atomic mass is 10.1. The van der Waals surface area contributed by atoms with Crippen LogP contribution in [-0.2, 0) is 6.54 Å². The third kappa shape index (κ3) is 4.01. The highest BCUT2D eigenvalue weighted by Gasteiger charge is 2.46. The van der Waals surface area contributed by atoms with E-state index in [0.717, 1.165) is 5.56 Å². The summed E-state index contributed by atoms with van der Waals surface area (Å²) in [6.07, 6.45) is -5.82. The summed E-state index contributed by atoms with van der Waals surface area (Å²) in [5, 5.41) is 9.40. The molecule has 3 nitrogen and oxygen atoms in total. The van der Waals surface area contributed by atoms with Crippen LogP contribution in [-0.4, -0.2) is 34.9 Å². The molecule has 1 aliphatic rings. The maximum atomic E-state index is 12.6. The molecule has 114 valence electrons. The average molecular weight is 311 g/mol. The molecule has 7 heteroatoms. The van der Waals surface area contributed by atoms with Crippen LogP contribution in [0.5, 0.6) is 0 Å². The van der Waals surface area contributed by atoms with Gasteiger partial charge >= 0.3 is 6.18 Å². The highest BCUT2D eigenvalue weighted by atomic mass is 35.5. The van der Waals surface area contributed by atoms with Gasteiger partial charge in [0.05, 0.1) is 0 Å². The second-order valence-electron chi connectivity index (χ2n) is 4.91. The maximum absolute atomic E-state index is 12.6. The molecule has 1 saturated heterocycles. The Morgan fingerprint density at radius 1 is 1.40 bits per heavy atom. The third-order valence-electron chi connectivity index (χ3n) is 3.45. The largest absolute Gasteiger partial charge is 0.415 e. The van der Waals surface area contributed by atoms with E-state index in [-0.39, 0.29) is 12.4 Å². The summed E-state index contributed by atoms with van der Waals surface area (Å²) in [7, 11) is 0. The highest BCUT2D eigenvalue weighted by Crippen LogP contribution is 2.31. The van der Waals surface area contributed by atoms with Crippen molar-refractivity contribution in [1.29, 1.82) is 0 Å². The van der Waals surface area contributed by atoms with Gasteiger partial charge in [-0.25, -0.2) is 0 Å². The molecular weight excluding hydrogens is 293 g/mol. The number of nitrogens with two attached hydrogens (primary N) is 1. The standard InChI is InChI=1S/C13H17F3N2O.ClH/c14-13(15,16)12(19)11-5-2-6-18(11)8-9-3-1-4-10(17)7-9;/h1,3-4,7,11-12,19H,2,5-6,8,17H2;1H. The Labute approximate surface area is 122 Å². The first kappa shape index (κ1) is 17.1. The van der Waals surface area contributed by atoms with E-state index in [1.54, 1.807) is 23.1 Å². The van der Waals surface area contributed by atoms with Gasteiger partial charge in [0.2, 0.25) is 0 Å². The van der Waals surface area contributed by atoms with Gasteiger partial charge in [-0.1, -0.05) is 12.1 Å². The Bertz CT molecular complexity index is 442. The second-order valence-corrected chi connectivity index (χ2v) is 4.91. The molecule has 0 aromatic heterocycles. The Balaban J connectivity index is 0.00000200. The lowest BCUT2D eigenvalue weighted by Crippen LogP contribution is -2.46. The van der Waals surface area contributed by atoms with Crippen LogP contribution in [0.1, 0.15) is 18.4 Å². The number of anilines is 1. The van der Waals surface area contributed by atoms with Gasteiger partial charge < -0.3 is 10.8 Å². The topological polar surface area (TPSA) is 49.5 Å². The van der Waals surface area contributed by atoms with Crippen molar-refractivity contribution in [2.45, 2.75) is 37.7 Å². The fraction of sp³-hybridized carbons (Fsp3) is 0.538. The zero-order valence-corrected chi connectivity index (χ0v) is 11.6. The van der Waals surface area contributed by atoms with Crippen molar-refractivity contribution in [2.24, 2.45) is 0 Å². The number of halogens is 4. The van der Waals surface area contributed by atoms with Crippen LogP contribution in [0.15, 0.2) is 24.3 Å². The number of likely N-dealkylation sites (tertiary alicyclic amines) is 1. The van der Waals surface area contributed by atoms with Crippen LogP contribution in [0.25, 0.3) is 0 Å². The number of nitrogens with zero attached hydrogens (tertiary/aromatic N) is 1. The van der Waals surface area contributed by atoms with Gasteiger partial charge in [-0.05, 0) is 37.1 Å². The molecule has 3 N–H and O–H groups in total. The number of rotatable bonds is 3. The highest BCUT2D eigenvalue weighted by molar-refractivity contribution is 5.85. The van der Waals surface area contributed by atoms with Crippen molar-refractivity contribution in [3.05, 3.63) is 29.8 Å². The first-order chi connectivity index (χ1) is 8.88. The molecule has 0 bridgehead atoms. The summed E-state index contributed by atoms with van der Waals surface area (Å²) in [5.41, 5.74) is 7.10. The Kier molecular flexibility index (Phi) is 5.68. The van der Waals surface area contributed by atoms with Crippen LogP contribution < -0.4 is 5.73 Å². The van der Waals surface area contributed by atoms with E-state index in [2.05, 4.69) is 0 Å². The summed E-state index contributed by atoms with van der Waals surface area (Å²) >= 11 is 0. The lowest BCUT2D eigenvalue weighted by molar-refractivity contribution is -0.219. The Morgan fingerprint density at radius 2 is 2.10 bits per heavy atom. The predicted molar refractivity (Wildman–Crippen MR) is 73.6 cm³/mol. The number of alkyl halides is 3. The van der Waals surface area contributed by atoms with Gasteiger partial charge in [0.25, 0.3) is 0 Å². The molecule has 1 aliphatic heterocycles. The minimum atomic E-state index is -4.57. The molecule has 1 heterocycles. The van der Waals surface area contributed by atoms with E-state index in [4.69, 9.17) is 5.73 Å². The number of nitrogen functional groups attached to an aromatic ring is 1. The fourth-order valence-electron chi connectivity index (χ4n) is 2.55. The van der Waals surface area contributed by atoms with Crippen LogP contribution in [0, 0.1) is 0 Å². The minimum Gasteiger partial charge on any atom is -0.399 e. The van der Waals surface area contributed by atoms with E-state index in [1.165, 1.54) is 0 Å². The smallest absolute Gasteiger partial charge is 0.399 e. The van der Waals surface area contributed by atoms with Crippen LogP contribution in [0.3, 0.4) is 0 Å². The van der Waals surface area contributed by atoms with E-state index >= 15 is 0 Å². The fourth-order valence-corrected chi connectivity index (χ4v) is 2.55. The Hall–Kier alpha value is -0.980. The second kappa shape index (κ2) is 6.65. The molecule has 0 amide bonds. The van der Waals surface area contributed by atoms with Crippen molar-refractivity contribution in [2.75, 3.05) is 12.3 Å². The van der Waals surface area contributed by atoms with Crippen LogP contribution in [0.2, 0.25) is 0 Å². The van der Waals surface area contributed by atoms with Crippen LogP contribution >= 0.6 is 12.4 Å². The molecule has 1 aromatic rings. The number of aliphatic hydroxyl groups is 1. The third-order valence-corrected chi connectivity index (χ3v) is 3.45. The first-order valence-electron chi connectivity index (χ1n) is 6.21. The Morgan fingerprint density at radius 3 is 2.70 bits per heavy atom. The molecule has 2 unspecified atom stereocenters. The normalized spacial score (nSPS) is 21.5. The van der Waals surface area contributed by atoms with E-state index in [0.29, 0.717) is 31.6 Å². The summed E-state index contributed by atoms with van der Waals surface area (Å²) < 4.78 is 37.7. The van der Waals surface area contributed by atoms with Gasteiger partial charge in [0.1, 0.15) is 0 Å². The summed E-state index contributed by atoms with van der Waals surface area (Å²) in [5.74, 6) is 0.